The van der Waals surface area contributed by atoms with E-state index in [1.54, 1.807) is 0 Å². The Bertz CT molecular complexity index is 119. The summed E-state index contributed by atoms with van der Waals surface area (Å²) in [7, 11) is 2.43. The van der Waals surface area contributed by atoms with E-state index >= 15 is 0 Å². The minimum atomic E-state index is 0. The van der Waals surface area contributed by atoms with Gasteiger partial charge >= 0.3 is 0 Å². The van der Waals surface area contributed by atoms with Gasteiger partial charge < -0.3 is 9.19 Å². The fourth-order valence-corrected chi connectivity index (χ4v) is 2.24. The highest BCUT2D eigenvalue weighted by molar-refractivity contribution is 4.52. The molecule has 1 nitrogen and oxygen atoms in total. The van der Waals surface area contributed by atoms with Gasteiger partial charge in [-0.1, -0.05) is 19.8 Å². The Morgan fingerprint density at radius 2 is 1.62 bits per heavy atom. The minimum absolute atomic E-state index is 0. The molecule has 0 aromatic rings. The summed E-state index contributed by atoms with van der Waals surface area (Å²) in [5.74, 6) is 0. The molecule has 1 saturated heterocycles. The maximum atomic E-state index is 2.43. The lowest BCUT2D eigenvalue weighted by Gasteiger charge is -2.29. The minimum Gasteiger partial charge on any atom is -1.00 e. The summed E-state index contributed by atoms with van der Waals surface area (Å²) < 4.78 is 1.36. The van der Waals surface area contributed by atoms with Crippen molar-refractivity contribution in [2.75, 3.05) is 26.7 Å². The van der Waals surface area contributed by atoms with Gasteiger partial charge in [0.05, 0.1) is 26.7 Å². The van der Waals surface area contributed by atoms with Gasteiger partial charge in [-0.3, -0.25) is 0 Å². The van der Waals surface area contributed by atoms with Gasteiger partial charge in [0.25, 0.3) is 0 Å². The predicted octanol–water partition coefficient (Wildman–Crippen LogP) is -0.189. The van der Waals surface area contributed by atoms with Crippen LogP contribution in [-0.2, 0) is 0 Å². The average molecular weight is 189 g/mol. The molecule has 0 spiro atoms. The highest BCUT2D eigenvalue weighted by Crippen LogP contribution is 2.17. The van der Waals surface area contributed by atoms with Crippen LogP contribution in [0.25, 0.3) is 0 Å². The van der Waals surface area contributed by atoms with Crippen molar-refractivity contribution in [3.8, 4) is 0 Å². The van der Waals surface area contributed by atoms with Crippen LogP contribution < -0.4 is 4.70 Å². The van der Waals surface area contributed by atoms with Crippen LogP contribution in [0.5, 0.6) is 0 Å². The third-order valence-electron chi connectivity index (χ3n) is 3.20. The Labute approximate surface area is 82.1 Å². The monoisotopic (exact) mass is 189 g/mol. The first-order valence-electron chi connectivity index (χ1n) is 5.60. The van der Waals surface area contributed by atoms with E-state index in [9.17, 15) is 0 Å². The van der Waals surface area contributed by atoms with Gasteiger partial charge in [0, 0.05) is 12.8 Å². The molecule has 13 heavy (non-hydrogen) atoms. The van der Waals surface area contributed by atoms with Crippen LogP contribution in [0.2, 0.25) is 0 Å². The molecular formula is C11H24FN. The van der Waals surface area contributed by atoms with Crippen molar-refractivity contribution in [1.29, 1.82) is 0 Å². The highest BCUT2D eigenvalue weighted by Gasteiger charge is 2.25. The first-order valence-corrected chi connectivity index (χ1v) is 5.60. The maximum Gasteiger partial charge on any atom is 0.0786 e. The van der Waals surface area contributed by atoms with Crippen molar-refractivity contribution in [3.63, 3.8) is 0 Å². The maximum absolute atomic E-state index is 2.43. The SMILES string of the molecule is CCCCCC[N+]1(C)CCCC1.[F-]. The van der Waals surface area contributed by atoms with Crippen molar-refractivity contribution in [2.24, 2.45) is 0 Å². The van der Waals surface area contributed by atoms with E-state index in [1.165, 1.54) is 62.6 Å². The van der Waals surface area contributed by atoms with Crippen LogP contribution in [0.3, 0.4) is 0 Å². The molecule has 2 heteroatoms. The van der Waals surface area contributed by atoms with E-state index in [-0.39, 0.29) is 4.70 Å². The summed E-state index contributed by atoms with van der Waals surface area (Å²) in [6, 6.07) is 0. The third-order valence-corrected chi connectivity index (χ3v) is 3.20. The van der Waals surface area contributed by atoms with Crippen molar-refractivity contribution >= 4 is 0 Å². The molecule has 0 aromatic heterocycles. The molecule has 0 atom stereocenters. The molecule has 1 aliphatic heterocycles. The molecule has 1 rings (SSSR count). The normalized spacial score (nSPS) is 19.8. The van der Waals surface area contributed by atoms with Gasteiger partial charge in [-0.15, -0.1) is 0 Å². The van der Waals surface area contributed by atoms with E-state index in [4.69, 9.17) is 0 Å². The summed E-state index contributed by atoms with van der Waals surface area (Å²) in [4.78, 5) is 0. The van der Waals surface area contributed by atoms with Crippen molar-refractivity contribution in [3.05, 3.63) is 0 Å². The Kier molecular flexibility index (Phi) is 6.31. The topological polar surface area (TPSA) is 0 Å². The number of likely N-dealkylation sites (tertiary alicyclic amines) is 1. The van der Waals surface area contributed by atoms with Crippen molar-refractivity contribution in [1.82, 2.24) is 0 Å². The van der Waals surface area contributed by atoms with E-state index in [0.29, 0.717) is 0 Å². The van der Waals surface area contributed by atoms with Gasteiger partial charge in [-0.2, -0.15) is 0 Å². The lowest BCUT2D eigenvalue weighted by atomic mass is 10.2. The van der Waals surface area contributed by atoms with Crippen LogP contribution in [0.4, 0.5) is 0 Å². The second kappa shape index (κ2) is 6.36. The van der Waals surface area contributed by atoms with Crippen LogP contribution in [0.1, 0.15) is 45.4 Å². The number of halogens is 1. The molecule has 0 bridgehead atoms. The second-order valence-corrected chi connectivity index (χ2v) is 4.56. The van der Waals surface area contributed by atoms with Gasteiger partial charge in [-0.05, 0) is 12.8 Å². The Balaban J connectivity index is 0.00000144. The summed E-state index contributed by atoms with van der Waals surface area (Å²) in [6.07, 6.45) is 8.62. The zero-order valence-electron chi connectivity index (χ0n) is 9.19. The molecule has 1 fully saturated rings. The molecule has 0 amide bonds. The summed E-state index contributed by atoms with van der Waals surface area (Å²) in [6.45, 7) is 6.59. The number of quaternary nitrogens is 1. The van der Waals surface area contributed by atoms with Gasteiger partial charge in [0.2, 0.25) is 0 Å². The zero-order valence-corrected chi connectivity index (χ0v) is 9.19. The lowest BCUT2D eigenvalue weighted by Crippen LogP contribution is -3.00. The molecule has 0 N–H and O–H groups in total. The number of hydrogen-bond acceptors (Lipinski definition) is 0. The molecule has 1 heterocycles. The fourth-order valence-electron chi connectivity index (χ4n) is 2.24. The van der Waals surface area contributed by atoms with E-state index < -0.39 is 0 Å². The fraction of sp³-hybridized carbons (Fsp3) is 1.00. The third kappa shape index (κ3) is 4.61. The van der Waals surface area contributed by atoms with Crippen molar-refractivity contribution in [2.45, 2.75) is 45.4 Å². The number of hydrogen-bond donors (Lipinski definition) is 0. The largest absolute Gasteiger partial charge is 1.00 e. The van der Waals surface area contributed by atoms with Gasteiger partial charge in [0.15, 0.2) is 0 Å². The Hall–Kier alpha value is -0.110. The predicted molar refractivity (Wildman–Crippen MR) is 54.2 cm³/mol. The van der Waals surface area contributed by atoms with Gasteiger partial charge in [0.1, 0.15) is 0 Å². The van der Waals surface area contributed by atoms with Crippen LogP contribution in [0, 0.1) is 0 Å². The summed E-state index contributed by atoms with van der Waals surface area (Å²) >= 11 is 0. The molecule has 0 aliphatic carbocycles. The van der Waals surface area contributed by atoms with Crippen LogP contribution in [0.15, 0.2) is 0 Å². The second-order valence-electron chi connectivity index (χ2n) is 4.56. The van der Waals surface area contributed by atoms with Crippen molar-refractivity contribution < 1.29 is 9.19 Å². The molecule has 0 radical (unpaired) electrons. The first kappa shape index (κ1) is 12.9. The van der Waals surface area contributed by atoms with E-state index in [0.717, 1.165) is 0 Å². The number of rotatable bonds is 5. The van der Waals surface area contributed by atoms with E-state index in [2.05, 4.69) is 14.0 Å². The summed E-state index contributed by atoms with van der Waals surface area (Å²) in [5.41, 5.74) is 0. The quantitative estimate of drug-likeness (QED) is 0.415. The number of nitrogens with zero attached hydrogens (tertiary/aromatic N) is 1. The lowest BCUT2D eigenvalue weighted by molar-refractivity contribution is -0.897. The highest BCUT2D eigenvalue weighted by atomic mass is 19.0. The molecule has 0 unspecified atom stereocenters. The van der Waals surface area contributed by atoms with Gasteiger partial charge in [-0.25, -0.2) is 0 Å². The molecule has 80 valence electrons. The molecule has 0 saturated carbocycles. The van der Waals surface area contributed by atoms with Crippen LogP contribution >= 0.6 is 0 Å². The first-order chi connectivity index (χ1) is 5.77. The number of unbranched alkanes of at least 4 members (excludes halogenated alkanes) is 3. The standard InChI is InChI=1S/C11H24N.FH/c1-3-4-5-6-9-12(2)10-7-8-11-12;/h3-11H2,1-2H3;1H/q+1;/p-1. The molecular weight excluding hydrogens is 165 g/mol. The average Bonchev–Trinajstić information content (AvgIpc) is 2.47. The smallest absolute Gasteiger partial charge is 0.0786 e. The van der Waals surface area contributed by atoms with E-state index in [1.807, 2.05) is 0 Å². The summed E-state index contributed by atoms with van der Waals surface area (Å²) in [5, 5.41) is 0. The molecule has 1 aliphatic rings. The zero-order chi connectivity index (χ0) is 8.86. The Morgan fingerprint density at radius 3 is 2.15 bits per heavy atom. The molecule has 0 aromatic carbocycles. The Morgan fingerprint density at radius 1 is 1.00 bits per heavy atom. The van der Waals surface area contributed by atoms with Crippen LogP contribution in [-0.4, -0.2) is 31.2 Å².